The van der Waals surface area contributed by atoms with Crippen LogP contribution in [0.15, 0.2) is 24.3 Å². The van der Waals surface area contributed by atoms with E-state index in [0.29, 0.717) is 23.3 Å². The number of methoxy groups -OCH3 is 1. The molecule has 1 aromatic carbocycles. The molecule has 1 aliphatic rings. The zero-order chi connectivity index (χ0) is 15.9. The average Bonchev–Trinajstić information content (AvgIpc) is 3.00. The maximum Gasteiger partial charge on any atom is 0.315 e. The van der Waals surface area contributed by atoms with Crippen LogP contribution in [-0.4, -0.2) is 54.6 Å². The molecular weight excluding hydrogens is 302 g/mol. The zero-order valence-corrected chi connectivity index (χ0v) is 13.7. The van der Waals surface area contributed by atoms with Crippen molar-refractivity contribution in [3.05, 3.63) is 29.8 Å². The summed E-state index contributed by atoms with van der Waals surface area (Å²) in [7, 11) is 1.38. The predicted molar refractivity (Wildman–Crippen MR) is 86.1 cm³/mol. The highest BCUT2D eigenvalue weighted by molar-refractivity contribution is 8.00. The van der Waals surface area contributed by atoms with Crippen molar-refractivity contribution in [3.8, 4) is 5.75 Å². The summed E-state index contributed by atoms with van der Waals surface area (Å²) in [6.07, 6.45) is 0.901. The van der Waals surface area contributed by atoms with Gasteiger partial charge in [-0.05, 0) is 25.5 Å². The topological polar surface area (TPSA) is 55.8 Å². The van der Waals surface area contributed by atoms with Gasteiger partial charge in [0.25, 0.3) is 5.91 Å². The van der Waals surface area contributed by atoms with Crippen molar-refractivity contribution in [2.24, 2.45) is 0 Å². The molecule has 0 aromatic heterocycles. The number of nitrogens with zero attached hydrogens (tertiary/aromatic N) is 1. The van der Waals surface area contributed by atoms with E-state index in [9.17, 15) is 9.59 Å². The van der Waals surface area contributed by atoms with E-state index in [1.165, 1.54) is 7.11 Å². The molecule has 0 radical (unpaired) electrons. The van der Waals surface area contributed by atoms with Gasteiger partial charge in [-0.15, -0.1) is 11.8 Å². The number of aryl methyl sites for hydroxylation is 1. The molecular formula is C16H21NO4S. The Morgan fingerprint density at radius 1 is 1.32 bits per heavy atom. The van der Waals surface area contributed by atoms with E-state index < -0.39 is 0 Å². The molecule has 6 heteroatoms. The molecule has 1 aliphatic heterocycles. The molecule has 22 heavy (non-hydrogen) atoms. The molecule has 1 heterocycles. The number of carbonyl (C=O) groups is 2. The molecule has 0 N–H and O–H groups in total. The molecule has 0 saturated carbocycles. The van der Waals surface area contributed by atoms with Gasteiger partial charge < -0.3 is 14.4 Å². The number of thioether (sulfide) groups is 1. The number of carbonyl (C=O) groups excluding carboxylic acids is 2. The standard InChI is InChI=1S/C16H21NO4S/c1-12-3-5-13(6-4-12)21-10-15(18)17-8-7-14(9-17)22-11-16(19)20-2/h3-6,14H,7-11H2,1-2H3/t14-/m0/s1. The van der Waals surface area contributed by atoms with Crippen LogP contribution in [0.4, 0.5) is 0 Å². The van der Waals surface area contributed by atoms with E-state index in [1.807, 2.05) is 31.2 Å². The van der Waals surface area contributed by atoms with Crippen molar-refractivity contribution in [2.45, 2.75) is 18.6 Å². The van der Waals surface area contributed by atoms with Crippen LogP contribution in [0.25, 0.3) is 0 Å². The number of hydrogen-bond donors (Lipinski definition) is 0. The molecule has 0 unspecified atom stereocenters. The van der Waals surface area contributed by atoms with Crippen LogP contribution in [0.1, 0.15) is 12.0 Å². The summed E-state index contributed by atoms with van der Waals surface area (Å²) in [6, 6.07) is 7.63. The van der Waals surface area contributed by atoms with Gasteiger partial charge in [0.15, 0.2) is 6.61 Å². The van der Waals surface area contributed by atoms with Gasteiger partial charge >= 0.3 is 5.97 Å². The lowest BCUT2D eigenvalue weighted by molar-refractivity contribution is -0.137. The number of amides is 1. The fraction of sp³-hybridized carbons (Fsp3) is 0.500. The van der Waals surface area contributed by atoms with Gasteiger partial charge in [-0.25, -0.2) is 0 Å². The molecule has 5 nitrogen and oxygen atoms in total. The number of benzene rings is 1. The van der Waals surface area contributed by atoms with Crippen LogP contribution in [0.3, 0.4) is 0 Å². The van der Waals surface area contributed by atoms with Crippen molar-refractivity contribution in [2.75, 3.05) is 32.6 Å². The fourth-order valence-electron chi connectivity index (χ4n) is 2.21. The highest BCUT2D eigenvalue weighted by Crippen LogP contribution is 2.23. The Bertz CT molecular complexity index is 517. The third kappa shape index (κ3) is 4.94. The second-order valence-corrected chi connectivity index (χ2v) is 6.53. The van der Waals surface area contributed by atoms with Crippen LogP contribution in [0.2, 0.25) is 0 Å². The Morgan fingerprint density at radius 3 is 2.73 bits per heavy atom. The normalized spacial score (nSPS) is 17.4. The van der Waals surface area contributed by atoms with Crippen molar-refractivity contribution >= 4 is 23.6 Å². The Hall–Kier alpha value is -1.69. The molecule has 1 amide bonds. The Morgan fingerprint density at radius 2 is 2.05 bits per heavy atom. The highest BCUT2D eigenvalue weighted by atomic mass is 32.2. The van der Waals surface area contributed by atoms with Gasteiger partial charge in [-0.3, -0.25) is 9.59 Å². The highest BCUT2D eigenvalue weighted by Gasteiger charge is 2.27. The van der Waals surface area contributed by atoms with Crippen LogP contribution >= 0.6 is 11.8 Å². The summed E-state index contributed by atoms with van der Waals surface area (Å²) in [4.78, 5) is 25.0. The smallest absolute Gasteiger partial charge is 0.315 e. The third-order valence-electron chi connectivity index (χ3n) is 3.55. The van der Waals surface area contributed by atoms with E-state index in [-0.39, 0.29) is 18.5 Å². The second-order valence-electron chi connectivity index (χ2n) is 5.24. The van der Waals surface area contributed by atoms with Gasteiger partial charge in [0.05, 0.1) is 12.9 Å². The van der Waals surface area contributed by atoms with Crippen LogP contribution in [-0.2, 0) is 14.3 Å². The average molecular weight is 323 g/mol. The van der Waals surface area contributed by atoms with Crippen molar-refractivity contribution < 1.29 is 19.1 Å². The Kier molecular flexibility index (Phi) is 6.12. The predicted octanol–water partition coefficient (Wildman–Crippen LogP) is 1.88. The summed E-state index contributed by atoms with van der Waals surface area (Å²) in [5.74, 6) is 0.803. The molecule has 0 bridgehead atoms. The zero-order valence-electron chi connectivity index (χ0n) is 12.9. The van der Waals surface area contributed by atoms with E-state index >= 15 is 0 Å². The van der Waals surface area contributed by atoms with Crippen LogP contribution in [0.5, 0.6) is 5.75 Å². The number of ether oxygens (including phenoxy) is 2. The van der Waals surface area contributed by atoms with Crippen molar-refractivity contribution in [1.82, 2.24) is 4.90 Å². The lowest BCUT2D eigenvalue weighted by Crippen LogP contribution is -2.33. The minimum atomic E-state index is -0.225. The van der Waals surface area contributed by atoms with Crippen molar-refractivity contribution in [1.29, 1.82) is 0 Å². The minimum absolute atomic E-state index is 0.0123. The molecule has 0 aliphatic carbocycles. The van der Waals surface area contributed by atoms with Gasteiger partial charge in [0.2, 0.25) is 0 Å². The molecule has 1 aromatic rings. The minimum Gasteiger partial charge on any atom is -0.484 e. The first-order valence-electron chi connectivity index (χ1n) is 7.24. The van der Waals surface area contributed by atoms with Gasteiger partial charge in [-0.1, -0.05) is 17.7 Å². The molecule has 1 fully saturated rings. The van der Waals surface area contributed by atoms with Crippen molar-refractivity contribution in [3.63, 3.8) is 0 Å². The number of rotatable bonds is 6. The van der Waals surface area contributed by atoms with Crippen LogP contribution in [0, 0.1) is 6.92 Å². The van der Waals surface area contributed by atoms with E-state index in [1.54, 1.807) is 16.7 Å². The van der Waals surface area contributed by atoms with E-state index in [4.69, 9.17) is 4.74 Å². The van der Waals surface area contributed by atoms with Crippen LogP contribution < -0.4 is 4.74 Å². The Labute approximate surface area is 135 Å². The van der Waals surface area contributed by atoms with E-state index in [0.717, 1.165) is 18.5 Å². The molecule has 120 valence electrons. The SMILES string of the molecule is COC(=O)CS[C@H]1CCN(C(=O)COc2ccc(C)cc2)C1. The number of hydrogen-bond acceptors (Lipinski definition) is 5. The molecule has 2 rings (SSSR count). The van der Waals surface area contributed by atoms with Gasteiger partial charge in [0, 0.05) is 18.3 Å². The van der Waals surface area contributed by atoms with E-state index in [2.05, 4.69) is 4.74 Å². The Balaban J connectivity index is 1.72. The lowest BCUT2D eigenvalue weighted by atomic mass is 10.2. The first-order valence-corrected chi connectivity index (χ1v) is 8.29. The maximum atomic E-state index is 12.1. The van der Waals surface area contributed by atoms with Gasteiger partial charge in [0.1, 0.15) is 5.75 Å². The molecule has 0 spiro atoms. The monoisotopic (exact) mass is 323 g/mol. The third-order valence-corrected chi connectivity index (χ3v) is 4.80. The quantitative estimate of drug-likeness (QED) is 0.748. The van der Waals surface area contributed by atoms with Gasteiger partial charge in [-0.2, -0.15) is 0 Å². The fourth-order valence-corrected chi connectivity index (χ4v) is 3.25. The summed E-state index contributed by atoms with van der Waals surface area (Å²) < 4.78 is 10.1. The maximum absolute atomic E-state index is 12.1. The first kappa shape index (κ1) is 16.7. The largest absolute Gasteiger partial charge is 0.484 e. The molecule has 1 atom stereocenters. The summed E-state index contributed by atoms with van der Waals surface area (Å²) in [6.45, 7) is 3.44. The summed E-state index contributed by atoms with van der Waals surface area (Å²) in [5.41, 5.74) is 1.16. The summed E-state index contributed by atoms with van der Waals surface area (Å²) >= 11 is 1.54. The number of likely N-dealkylation sites (tertiary alicyclic amines) is 1. The molecule has 1 saturated heterocycles. The second kappa shape index (κ2) is 8.08. The number of esters is 1. The summed E-state index contributed by atoms with van der Waals surface area (Å²) in [5, 5.41) is 0.294. The first-order chi connectivity index (χ1) is 10.6. The lowest BCUT2D eigenvalue weighted by Gasteiger charge is -2.16.